The van der Waals surface area contributed by atoms with Crippen LogP contribution in [0.5, 0.6) is 0 Å². The van der Waals surface area contributed by atoms with Crippen molar-refractivity contribution in [3.8, 4) is 0 Å². The first-order chi connectivity index (χ1) is 8.81. The van der Waals surface area contributed by atoms with Gasteiger partial charge >= 0.3 is 0 Å². The van der Waals surface area contributed by atoms with Crippen LogP contribution >= 0.6 is 0 Å². The van der Waals surface area contributed by atoms with E-state index in [0.717, 1.165) is 6.42 Å². The molecule has 18 heavy (non-hydrogen) atoms. The molecule has 0 radical (unpaired) electrons. The number of hydrogen-bond acceptors (Lipinski definition) is 2. The molecule has 0 aromatic carbocycles. The predicted octanol–water partition coefficient (Wildman–Crippen LogP) is 4.12. The van der Waals surface area contributed by atoms with Crippen molar-refractivity contribution >= 4 is 5.78 Å². The van der Waals surface area contributed by atoms with Crippen LogP contribution in [-0.4, -0.2) is 19.0 Å². The van der Waals surface area contributed by atoms with Crippen LogP contribution < -0.4 is 0 Å². The minimum Gasteiger partial charge on any atom is -0.373 e. The van der Waals surface area contributed by atoms with E-state index < -0.39 is 0 Å². The molecule has 0 aromatic heterocycles. The van der Waals surface area contributed by atoms with E-state index >= 15 is 0 Å². The van der Waals surface area contributed by atoms with E-state index in [1.54, 1.807) is 7.11 Å². The molecule has 0 aliphatic heterocycles. The number of carbonyl (C=O) groups is 1. The smallest absolute Gasteiger partial charge is 0.162 e. The second-order valence-corrected chi connectivity index (χ2v) is 6.23. The fourth-order valence-corrected chi connectivity index (χ4v) is 3.82. The lowest BCUT2D eigenvalue weighted by atomic mass is 9.80. The SMILES string of the molecule is COC(C(=O)CC1CCCCC1)C1CCCCC1. The lowest BCUT2D eigenvalue weighted by Gasteiger charge is -2.30. The van der Waals surface area contributed by atoms with Gasteiger partial charge in [-0.3, -0.25) is 4.79 Å². The third-order valence-corrected chi connectivity index (χ3v) is 4.86. The van der Waals surface area contributed by atoms with Crippen molar-refractivity contribution in [1.82, 2.24) is 0 Å². The molecule has 0 heterocycles. The average molecular weight is 252 g/mol. The first-order valence-electron chi connectivity index (χ1n) is 7.86. The van der Waals surface area contributed by atoms with Gasteiger partial charge in [0.05, 0.1) is 0 Å². The van der Waals surface area contributed by atoms with Gasteiger partial charge in [-0.05, 0) is 24.7 Å². The first-order valence-corrected chi connectivity index (χ1v) is 7.86. The number of rotatable bonds is 5. The van der Waals surface area contributed by atoms with Gasteiger partial charge in [0.25, 0.3) is 0 Å². The molecule has 2 nitrogen and oxygen atoms in total. The maximum absolute atomic E-state index is 12.4. The second kappa shape index (κ2) is 7.28. The molecule has 2 fully saturated rings. The van der Waals surface area contributed by atoms with E-state index in [0.29, 0.717) is 17.6 Å². The molecule has 2 saturated carbocycles. The fourth-order valence-electron chi connectivity index (χ4n) is 3.82. The highest BCUT2D eigenvalue weighted by Gasteiger charge is 2.30. The van der Waals surface area contributed by atoms with E-state index in [9.17, 15) is 4.79 Å². The molecule has 0 aromatic rings. The van der Waals surface area contributed by atoms with Crippen molar-refractivity contribution < 1.29 is 9.53 Å². The van der Waals surface area contributed by atoms with Crippen LogP contribution in [0.25, 0.3) is 0 Å². The van der Waals surface area contributed by atoms with Crippen molar-refractivity contribution in [3.63, 3.8) is 0 Å². The Morgan fingerprint density at radius 2 is 1.56 bits per heavy atom. The Morgan fingerprint density at radius 3 is 2.11 bits per heavy atom. The third kappa shape index (κ3) is 3.81. The van der Waals surface area contributed by atoms with E-state index in [2.05, 4.69) is 0 Å². The Hall–Kier alpha value is -0.370. The monoisotopic (exact) mass is 252 g/mol. The van der Waals surface area contributed by atoms with Gasteiger partial charge in [-0.25, -0.2) is 0 Å². The summed E-state index contributed by atoms with van der Waals surface area (Å²) in [4.78, 5) is 12.4. The Bertz CT molecular complexity index is 250. The van der Waals surface area contributed by atoms with Crippen LogP contribution in [-0.2, 0) is 9.53 Å². The zero-order valence-corrected chi connectivity index (χ0v) is 11.8. The molecular formula is C16H28O2. The minimum absolute atomic E-state index is 0.104. The molecule has 2 heteroatoms. The van der Waals surface area contributed by atoms with Crippen LogP contribution in [0.3, 0.4) is 0 Å². The van der Waals surface area contributed by atoms with Crippen LogP contribution in [0.1, 0.15) is 70.6 Å². The summed E-state index contributed by atoms with van der Waals surface area (Å²) in [5, 5.41) is 0. The van der Waals surface area contributed by atoms with Crippen molar-refractivity contribution in [2.45, 2.75) is 76.7 Å². The molecule has 2 rings (SSSR count). The molecule has 0 bridgehead atoms. The van der Waals surface area contributed by atoms with Crippen molar-refractivity contribution in [1.29, 1.82) is 0 Å². The largest absolute Gasteiger partial charge is 0.373 e. The van der Waals surface area contributed by atoms with Gasteiger partial charge in [-0.1, -0.05) is 51.4 Å². The summed E-state index contributed by atoms with van der Waals surface area (Å²) in [6.07, 6.45) is 13.5. The molecule has 0 N–H and O–H groups in total. The zero-order valence-electron chi connectivity index (χ0n) is 11.8. The molecular weight excluding hydrogens is 224 g/mol. The maximum Gasteiger partial charge on any atom is 0.162 e. The summed E-state index contributed by atoms with van der Waals surface area (Å²) in [5.74, 6) is 1.53. The van der Waals surface area contributed by atoms with Gasteiger partial charge in [0.1, 0.15) is 6.10 Å². The maximum atomic E-state index is 12.4. The highest BCUT2D eigenvalue weighted by molar-refractivity contribution is 5.83. The Labute approximate surface area is 111 Å². The van der Waals surface area contributed by atoms with Gasteiger partial charge in [0.15, 0.2) is 5.78 Å². The molecule has 104 valence electrons. The fraction of sp³-hybridized carbons (Fsp3) is 0.938. The molecule has 2 aliphatic rings. The topological polar surface area (TPSA) is 26.3 Å². The zero-order chi connectivity index (χ0) is 12.8. The van der Waals surface area contributed by atoms with Gasteiger partial charge in [-0.2, -0.15) is 0 Å². The molecule has 0 amide bonds. The lowest BCUT2D eigenvalue weighted by Crippen LogP contribution is -2.34. The number of carbonyl (C=O) groups excluding carboxylic acids is 1. The number of hydrogen-bond donors (Lipinski definition) is 0. The van der Waals surface area contributed by atoms with Crippen LogP contribution in [0, 0.1) is 11.8 Å². The van der Waals surface area contributed by atoms with E-state index in [1.807, 2.05) is 0 Å². The van der Waals surface area contributed by atoms with Crippen LogP contribution in [0.4, 0.5) is 0 Å². The first kappa shape index (κ1) is 14.0. The standard InChI is InChI=1S/C16H28O2/c1-18-16(14-10-6-3-7-11-14)15(17)12-13-8-4-2-5-9-13/h13-14,16H,2-12H2,1H3. The van der Waals surface area contributed by atoms with Gasteiger partial charge in [0, 0.05) is 13.5 Å². The van der Waals surface area contributed by atoms with Gasteiger partial charge in [-0.15, -0.1) is 0 Å². The molecule has 2 aliphatic carbocycles. The Kier molecular flexibility index (Phi) is 5.68. The van der Waals surface area contributed by atoms with Gasteiger partial charge in [0.2, 0.25) is 0 Å². The molecule has 0 spiro atoms. The van der Waals surface area contributed by atoms with E-state index in [1.165, 1.54) is 64.2 Å². The average Bonchev–Trinajstić information content (AvgIpc) is 2.42. The van der Waals surface area contributed by atoms with Crippen molar-refractivity contribution in [2.75, 3.05) is 7.11 Å². The van der Waals surface area contributed by atoms with Crippen molar-refractivity contribution in [2.24, 2.45) is 11.8 Å². The van der Waals surface area contributed by atoms with Crippen LogP contribution in [0.15, 0.2) is 0 Å². The predicted molar refractivity (Wildman–Crippen MR) is 73.6 cm³/mol. The third-order valence-electron chi connectivity index (χ3n) is 4.86. The lowest BCUT2D eigenvalue weighted by molar-refractivity contribution is -0.134. The Balaban J connectivity index is 1.83. The summed E-state index contributed by atoms with van der Waals surface area (Å²) in [6, 6.07) is 0. The number of Topliss-reactive ketones (excluding diaryl/α,β-unsaturated/α-hetero) is 1. The molecule has 0 saturated heterocycles. The summed E-state index contributed by atoms with van der Waals surface area (Å²) in [6.45, 7) is 0. The van der Waals surface area contributed by atoms with E-state index in [-0.39, 0.29) is 6.10 Å². The minimum atomic E-state index is -0.104. The van der Waals surface area contributed by atoms with E-state index in [4.69, 9.17) is 4.74 Å². The second-order valence-electron chi connectivity index (χ2n) is 6.23. The van der Waals surface area contributed by atoms with Gasteiger partial charge < -0.3 is 4.74 Å². The number of ether oxygens (including phenoxy) is 1. The highest BCUT2D eigenvalue weighted by Crippen LogP contribution is 2.31. The summed E-state index contributed by atoms with van der Waals surface area (Å²) >= 11 is 0. The molecule has 1 atom stereocenters. The summed E-state index contributed by atoms with van der Waals surface area (Å²) in [5.41, 5.74) is 0. The number of ketones is 1. The normalized spacial score (nSPS) is 24.9. The number of methoxy groups -OCH3 is 1. The summed E-state index contributed by atoms with van der Waals surface area (Å²) < 4.78 is 5.54. The molecule has 1 unspecified atom stereocenters. The highest BCUT2D eigenvalue weighted by atomic mass is 16.5. The summed E-state index contributed by atoms with van der Waals surface area (Å²) in [7, 11) is 1.72. The van der Waals surface area contributed by atoms with Crippen molar-refractivity contribution in [3.05, 3.63) is 0 Å². The quantitative estimate of drug-likeness (QED) is 0.735. The Morgan fingerprint density at radius 1 is 1.00 bits per heavy atom. The van der Waals surface area contributed by atoms with Crippen LogP contribution in [0.2, 0.25) is 0 Å².